The summed E-state index contributed by atoms with van der Waals surface area (Å²) in [6, 6.07) is 5.06. The summed E-state index contributed by atoms with van der Waals surface area (Å²) in [7, 11) is -4.63. The normalized spacial score (nSPS) is 29.1. The molecule has 218 valence electrons. The smallest absolute Gasteiger partial charge is 0.428 e. The van der Waals surface area contributed by atoms with E-state index in [0.717, 1.165) is 16.4 Å². The molecule has 4 bridgehead atoms. The molecule has 0 amide bonds. The number of methoxy groups -OCH3 is 1. The van der Waals surface area contributed by atoms with Crippen LogP contribution < -0.4 is 4.74 Å². The highest BCUT2D eigenvalue weighted by atomic mass is 127. The largest absolute Gasteiger partial charge is 0.743 e. The van der Waals surface area contributed by atoms with E-state index in [2.05, 4.69) is 22.6 Å². The zero-order chi connectivity index (χ0) is 29.0. The van der Waals surface area contributed by atoms with Gasteiger partial charge in [-0.15, -0.1) is 0 Å². The Morgan fingerprint density at radius 1 is 1.15 bits per heavy atom. The van der Waals surface area contributed by atoms with E-state index in [1.54, 1.807) is 25.3 Å². The van der Waals surface area contributed by atoms with Gasteiger partial charge in [-0.25, -0.2) is 18.0 Å². The van der Waals surface area contributed by atoms with E-state index >= 15 is 0 Å². The first kappa shape index (κ1) is 30.4. The van der Waals surface area contributed by atoms with E-state index in [1.807, 2.05) is 20.8 Å². The van der Waals surface area contributed by atoms with Gasteiger partial charge in [-0.1, -0.05) is 20.8 Å². The van der Waals surface area contributed by atoms with Crippen molar-refractivity contribution in [3.63, 3.8) is 0 Å². The van der Waals surface area contributed by atoms with Crippen LogP contribution in [0, 0.1) is 32.2 Å². The molecular weight excluding hydrogens is 653 g/mol. The van der Waals surface area contributed by atoms with E-state index in [4.69, 9.17) is 18.9 Å². The molecule has 4 aliphatic rings. The van der Waals surface area contributed by atoms with Crippen molar-refractivity contribution in [1.29, 1.82) is 0 Å². The number of carbonyl (C=O) groups excluding carboxylic acids is 2. The Bertz CT molecular complexity index is 1210. The van der Waals surface area contributed by atoms with Gasteiger partial charge in [0.1, 0.15) is 11.9 Å². The molecule has 0 spiro atoms. The molecular formula is C26H32F2IO9S-. The molecule has 4 fully saturated rings. The standard InChI is InChI=1S/C26H33F2IO9S/c1-24(2,3)23(35-4)37-19-9-15(5-6-18(19)29)21(30)38-20-16-7-14-8-17(20)12-25(10-14,11-16)13-36-22(31)26(27,28)39(32,33)34/h5-6,9,14,16-17,20,23H,7-8,10-13H2,1-4H3,(H,32,33,34)/p-1. The molecule has 3 unspecified atom stereocenters. The van der Waals surface area contributed by atoms with Crippen LogP contribution in [0.4, 0.5) is 8.78 Å². The third-order valence-corrected chi connectivity index (χ3v) is 9.63. The molecule has 0 saturated heterocycles. The van der Waals surface area contributed by atoms with Crippen LogP contribution in [0.5, 0.6) is 5.75 Å². The summed E-state index contributed by atoms with van der Waals surface area (Å²) in [5.41, 5.74) is -0.602. The Hall–Kier alpha value is -1.58. The van der Waals surface area contributed by atoms with Crippen LogP contribution in [0.15, 0.2) is 18.2 Å². The number of hydrogen-bond acceptors (Lipinski definition) is 9. The number of esters is 2. The molecule has 0 aromatic heterocycles. The molecule has 0 radical (unpaired) electrons. The van der Waals surface area contributed by atoms with Crippen LogP contribution in [-0.4, -0.2) is 56.3 Å². The highest BCUT2D eigenvalue weighted by Crippen LogP contribution is 2.61. The molecule has 0 aliphatic heterocycles. The average Bonchev–Trinajstić information content (AvgIpc) is 2.82. The maximum Gasteiger partial charge on any atom is 0.428 e. The van der Waals surface area contributed by atoms with Gasteiger partial charge in [0.15, 0.2) is 10.1 Å². The van der Waals surface area contributed by atoms with Crippen molar-refractivity contribution in [2.45, 2.75) is 70.5 Å². The molecule has 9 nitrogen and oxygen atoms in total. The van der Waals surface area contributed by atoms with E-state index in [0.29, 0.717) is 30.6 Å². The second-order valence-corrected chi connectivity index (χ2v) is 14.7. The van der Waals surface area contributed by atoms with Gasteiger partial charge in [0.05, 0.1) is 15.7 Å². The maximum atomic E-state index is 13.6. The Labute approximate surface area is 240 Å². The second kappa shape index (κ2) is 10.7. The quantitative estimate of drug-likeness (QED) is 0.157. The Morgan fingerprint density at radius 3 is 2.31 bits per heavy atom. The van der Waals surface area contributed by atoms with Crippen LogP contribution in [0.3, 0.4) is 0 Å². The first-order chi connectivity index (χ1) is 18.0. The lowest BCUT2D eigenvalue weighted by Crippen LogP contribution is -2.56. The molecule has 1 aromatic carbocycles. The fraction of sp³-hybridized carbons (Fsp3) is 0.692. The fourth-order valence-corrected chi connectivity index (χ4v) is 7.25. The third kappa shape index (κ3) is 6.20. The predicted molar refractivity (Wildman–Crippen MR) is 141 cm³/mol. The van der Waals surface area contributed by atoms with Gasteiger partial charge >= 0.3 is 17.2 Å². The molecule has 1 aromatic rings. The molecule has 3 atom stereocenters. The lowest BCUT2D eigenvalue weighted by atomic mass is 9.49. The summed E-state index contributed by atoms with van der Waals surface area (Å²) in [5.74, 6) is -2.22. The monoisotopic (exact) mass is 685 g/mol. The summed E-state index contributed by atoms with van der Waals surface area (Å²) in [6.45, 7) is 5.52. The summed E-state index contributed by atoms with van der Waals surface area (Å²) < 4.78 is 82.5. The highest BCUT2D eigenvalue weighted by molar-refractivity contribution is 14.1. The average molecular weight is 686 g/mol. The van der Waals surface area contributed by atoms with Gasteiger partial charge in [0.25, 0.3) is 0 Å². The van der Waals surface area contributed by atoms with Crippen molar-refractivity contribution in [1.82, 2.24) is 0 Å². The van der Waals surface area contributed by atoms with Crippen molar-refractivity contribution in [2.24, 2.45) is 28.6 Å². The molecule has 0 N–H and O–H groups in total. The number of hydrogen-bond donors (Lipinski definition) is 0. The fourth-order valence-electron chi connectivity index (χ4n) is 6.53. The number of carbonyl (C=O) groups is 2. The van der Waals surface area contributed by atoms with Gasteiger partial charge in [-0.2, -0.15) is 8.78 Å². The van der Waals surface area contributed by atoms with Gasteiger partial charge in [-0.3, -0.25) is 0 Å². The number of benzene rings is 1. The number of ether oxygens (including phenoxy) is 4. The minimum Gasteiger partial charge on any atom is -0.743 e. The van der Waals surface area contributed by atoms with Crippen molar-refractivity contribution >= 4 is 44.6 Å². The molecule has 4 saturated carbocycles. The summed E-state index contributed by atoms with van der Waals surface area (Å²) >= 11 is 2.12. The Morgan fingerprint density at radius 2 is 1.77 bits per heavy atom. The van der Waals surface area contributed by atoms with Crippen LogP contribution in [0.1, 0.15) is 63.2 Å². The SMILES string of the molecule is COC(Oc1cc(C(=O)OC2C3CC4CC2CC(COC(=O)C(F)(F)S(=O)(=O)[O-])(C4)C3)ccc1I)C(C)(C)C. The second-order valence-electron chi connectivity index (χ2n) is 12.1. The first-order valence-corrected chi connectivity index (χ1v) is 15.1. The summed E-state index contributed by atoms with van der Waals surface area (Å²) in [5, 5.41) is -5.14. The lowest BCUT2D eigenvalue weighted by Gasteiger charge is -2.59. The van der Waals surface area contributed by atoms with Crippen LogP contribution in [0.25, 0.3) is 0 Å². The summed E-state index contributed by atoms with van der Waals surface area (Å²) in [4.78, 5) is 24.9. The van der Waals surface area contributed by atoms with Crippen molar-refractivity contribution in [3.05, 3.63) is 27.3 Å². The lowest BCUT2D eigenvalue weighted by molar-refractivity contribution is -0.181. The molecule has 39 heavy (non-hydrogen) atoms. The summed E-state index contributed by atoms with van der Waals surface area (Å²) in [6.07, 6.45) is 2.24. The minimum atomic E-state index is -6.18. The van der Waals surface area contributed by atoms with Gasteiger partial charge in [0.2, 0.25) is 6.29 Å². The van der Waals surface area contributed by atoms with Gasteiger partial charge in [0, 0.05) is 17.9 Å². The zero-order valence-electron chi connectivity index (χ0n) is 22.1. The van der Waals surface area contributed by atoms with Crippen molar-refractivity contribution in [2.75, 3.05) is 13.7 Å². The molecule has 13 heteroatoms. The predicted octanol–water partition coefficient (Wildman–Crippen LogP) is 4.72. The number of rotatable bonds is 9. The van der Waals surface area contributed by atoms with Gasteiger partial charge < -0.3 is 23.5 Å². The van der Waals surface area contributed by atoms with E-state index < -0.39 is 45.6 Å². The van der Waals surface area contributed by atoms with E-state index in [-0.39, 0.29) is 29.3 Å². The molecule has 0 heterocycles. The maximum absolute atomic E-state index is 13.6. The molecule has 5 rings (SSSR count). The van der Waals surface area contributed by atoms with E-state index in [9.17, 15) is 31.3 Å². The third-order valence-electron chi connectivity index (χ3n) is 7.94. The van der Waals surface area contributed by atoms with Gasteiger partial charge in [-0.05, 0) is 90.6 Å². The van der Waals surface area contributed by atoms with Crippen molar-refractivity contribution in [3.8, 4) is 5.75 Å². The van der Waals surface area contributed by atoms with Crippen LogP contribution in [-0.2, 0) is 29.1 Å². The topological polar surface area (TPSA) is 128 Å². The Balaban J connectivity index is 1.43. The zero-order valence-corrected chi connectivity index (χ0v) is 25.1. The van der Waals surface area contributed by atoms with Crippen LogP contribution in [0.2, 0.25) is 0 Å². The molecule has 4 aliphatic carbocycles. The minimum absolute atomic E-state index is 0.0546. The highest BCUT2D eigenvalue weighted by Gasteiger charge is 2.58. The number of alkyl halides is 2. The van der Waals surface area contributed by atoms with Crippen LogP contribution >= 0.6 is 22.6 Å². The van der Waals surface area contributed by atoms with E-state index in [1.165, 1.54) is 0 Å². The Kier molecular flexibility index (Phi) is 8.32. The van der Waals surface area contributed by atoms with Crippen molar-refractivity contribution < 1.29 is 50.3 Å². The number of halogens is 3. The first-order valence-electron chi connectivity index (χ1n) is 12.7.